The standard InChI is InChI=1S/C15H19FN2O2S/c16-15-7-6-14(10-12(15)11-17-13-4-5-13)21(19,20)18-8-2-1-3-9-18/h1-2,6-7,10,13,17H,3-5,8-9,11H2. The third-order valence-corrected chi connectivity index (χ3v) is 5.70. The molecular formula is C15H19FN2O2S. The van der Waals surface area contributed by atoms with Gasteiger partial charge in [-0.25, -0.2) is 12.8 Å². The molecule has 0 atom stereocenters. The predicted molar refractivity (Wildman–Crippen MR) is 78.8 cm³/mol. The smallest absolute Gasteiger partial charge is 0.243 e. The second-order valence-electron chi connectivity index (χ2n) is 5.53. The lowest BCUT2D eigenvalue weighted by Crippen LogP contribution is -2.34. The van der Waals surface area contributed by atoms with Gasteiger partial charge >= 0.3 is 0 Å². The molecule has 0 aromatic heterocycles. The van der Waals surface area contributed by atoms with Crippen LogP contribution in [0.25, 0.3) is 0 Å². The molecule has 1 aliphatic carbocycles. The molecule has 4 nitrogen and oxygen atoms in total. The van der Waals surface area contributed by atoms with E-state index in [2.05, 4.69) is 5.32 Å². The lowest BCUT2D eigenvalue weighted by atomic mass is 10.2. The summed E-state index contributed by atoms with van der Waals surface area (Å²) in [6.45, 7) is 1.24. The van der Waals surface area contributed by atoms with Crippen molar-refractivity contribution >= 4 is 10.0 Å². The van der Waals surface area contributed by atoms with Crippen molar-refractivity contribution in [2.45, 2.75) is 36.7 Å². The van der Waals surface area contributed by atoms with E-state index in [-0.39, 0.29) is 10.7 Å². The first-order valence-corrected chi connectivity index (χ1v) is 8.68. The van der Waals surface area contributed by atoms with Crippen molar-refractivity contribution in [3.63, 3.8) is 0 Å². The van der Waals surface area contributed by atoms with Gasteiger partial charge in [-0.05, 0) is 37.5 Å². The van der Waals surface area contributed by atoms with Gasteiger partial charge in [0, 0.05) is 31.2 Å². The zero-order valence-electron chi connectivity index (χ0n) is 11.8. The van der Waals surface area contributed by atoms with Gasteiger partial charge in [-0.3, -0.25) is 0 Å². The minimum atomic E-state index is -3.54. The first-order valence-electron chi connectivity index (χ1n) is 7.24. The maximum Gasteiger partial charge on any atom is 0.243 e. The van der Waals surface area contributed by atoms with E-state index in [0.29, 0.717) is 31.2 Å². The predicted octanol–water partition coefficient (Wildman–Crippen LogP) is 2.03. The van der Waals surface area contributed by atoms with Crippen LogP contribution >= 0.6 is 0 Å². The van der Waals surface area contributed by atoms with Crippen molar-refractivity contribution in [2.24, 2.45) is 0 Å². The Morgan fingerprint density at radius 3 is 2.76 bits per heavy atom. The number of nitrogens with one attached hydrogen (secondary N) is 1. The van der Waals surface area contributed by atoms with E-state index < -0.39 is 10.0 Å². The van der Waals surface area contributed by atoms with E-state index in [0.717, 1.165) is 19.3 Å². The number of rotatable bonds is 5. The lowest BCUT2D eigenvalue weighted by Gasteiger charge is -2.23. The molecule has 2 aliphatic rings. The molecule has 1 aromatic rings. The maximum atomic E-state index is 13.8. The number of halogens is 1. The Bertz CT molecular complexity index is 654. The molecule has 1 aromatic carbocycles. The zero-order chi connectivity index (χ0) is 14.9. The minimum absolute atomic E-state index is 0.173. The summed E-state index contributed by atoms with van der Waals surface area (Å²) in [6, 6.07) is 4.51. The van der Waals surface area contributed by atoms with Gasteiger partial charge in [0.15, 0.2) is 0 Å². The van der Waals surface area contributed by atoms with Crippen LogP contribution in [0, 0.1) is 5.82 Å². The third-order valence-electron chi connectivity index (χ3n) is 3.83. The van der Waals surface area contributed by atoms with Crippen LogP contribution in [0.1, 0.15) is 24.8 Å². The summed E-state index contributed by atoms with van der Waals surface area (Å²) >= 11 is 0. The van der Waals surface area contributed by atoms with Crippen molar-refractivity contribution in [2.75, 3.05) is 13.1 Å². The van der Waals surface area contributed by atoms with Crippen molar-refractivity contribution in [3.8, 4) is 0 Å². The SMILES string of the molecule is O=S(=O)(c1ccc(F)c(CNC2CC2)c1)N1CC=CCC1. The van der Waals surface area contributed by atoms with Gasteiger partial charge < -0.3 is 5.32 Å². The van der Waals surface area contributed by atoms with E-state index in [9.17, 15) is 12.8 Å². The average molecular weight is 310 g/mol. The van der Waals surface area contributed by atoms with Crippen LogP contribution in [0.5, 0.6) is 0 Å². The minimum Gasteiger partial charge on any atom is -0.310 e. The maximum absolute atomic E-state index is 13.8. The average Bonchev–Trinajstić information content (AvgIpc) is 3.31. The van der Waals surface area contributed by atoms with E-state index in [1.165, 1.54) is 22.5 Å². The van der Waals surface area contributed by atoms with Crippen molar-refractivity contribution in [1.29, 1.82) is 0 Å². The second-order valence-corrected chi connectivity index (χ2v) is 7.47. The highest BCUT2D eigenvalue weighted by atomic mass is 32.2. The molecule has 0 spiro atoms. The highest BCUT2D eigenvalue weighted by Gasteiger charge is 2.26. The Hall–Kier alpha value is -1.24. The summed E-state index contributed by atoms with van der Waals surface area (Å²) in [7, 11) is -3.54. The Kier molecular flexibility index (Phi) is 4.10. The van der Waals surface area contributed by atoms with E-state index in [1.54, 1.807) is 0 Å². The number of sulfonamides is 1. The summed E-state index contributed by atoms with van der Waals surface area (Å²) < 4.78 is 40.3. The van der Waals surface area contributed by atoms with Gasteiger partial charge in [0.1, 0.15) is 5.82 Å². The highest BCUT2D eigenvalue weighted by Crippen LogP contribution is 2.23. The molecule has 6 heteroatoms. The fourth-order valence-corrected chi connectivity index (χ4v) is 3.83. The molecule has 0 unspecified atom stereocenters. The summed E-state index contributed by atoms with van der Waals surface area (Å²) in [6.07, 6.45) is 6.76. The molecule has 0 radical (unpaired) electrons. The van der Waals surface area contributed by atoms with Crippen LogP contribution in [0.4, 0.5) is 4.39 Å². The van der Waals surface area contributed by atoms with Crippen molar-refractivity contribution in [1.82, 2.24) is 9.62 Å². The van der Waals surface area contributed by atoms with Gasteiger partial charge in [-0.15, -0.1) is 0 Å². The molecule has 1 N–H and O–H groups in total. The Balaban J connectivity index is 1.83. The fourth-order valence-electron chi connectivity index (χ4n) is 2.38. The van der Waals surface area contributed by atoms with Crippen LogP contribution < -0.4 is 5.32 Å². The van der Waals surface area contributed by atoms with E-state index in [1.807, 2.05) is 12.2 Å². The second kappa shape index (κ2) is 5.87. The van der Waals surface area contributed by atoms with Gasteiger partial charge in [-0.2, -0.15) is 4.31 Å². The summed E-state index contributed by atoms with van der Waals surface area (Å²) in [5.41, 5.74) is 0.413. The van der Waals surface area contributed by atoms with Crippen LogP contribution in [0.15, 0.2) is 35.2 Å². The first-order chi connectivity index (χ1) is 10.1. The topological polar surface area (TPSA) is 49.4 Å². The summed E-state index contributed by atoms with van der Waals surface area (Å²) in [5.74, 6) is -0.361. The number of benzene rings is 1. The lowest BCUT2D eigenvalue weighted by molar-refractivity contribution is 0.437. The molecule has 3 rings (SSSR count). The molecule has 1 fully saturated rings. The number of hydrogen-bond donors (Lipinski definition) is 1. The van der Waals surface area contributed by atoms with E-state index >= 15 is 0 Å². The Morgan fingerprint density at radius 2 is 2.10 bits per heavy atom. The summed E-state index contributed by atoms with van der Waals surface area (Å²) in [5, 5.41) is 3.21. The largest absolute Gasteiger partial charge is 0.310 e. The molecule has 1 aliphatic heterocycles. The number of nitrogens with zero attached hydrogens (tertiary/aromatic N) is 1. The van der Waals surface area contributed by atoms with Crippen LogP contribution in [0.3, 0.4) is 0 Å². The molecule has 1 heterocycles. The first kappa shape index (κ1) is 14.7. The van der Waals surface area contributed by atoms with Gasteiger partial charge in [-0.1, -0.05) is 12.2 Å². The van der Waals surface area contributed by atoms with E-state index in [4.69, 9.17) is 0 Å². The monoisotopic (exact) mass is 310 g/mol. The zero-order valence-corrected chi connectivity index (χ0v) is 12.6. The quantitative estimate of drug-likeness (QED) is 0.847. The van der Waals surface area contributed by atoms with Gasteiger partial charge in [0.05, 0.1) is 4.90 Å². The van der Waals surface area contributed by atoms with Crippen molar-refractivity contribution in [3.05, 3.63) is 41.7 Å². The van der Waals surface area contributed by atoms with Crippen LogP contribution in [-0.2, 0) is 16.6 Å². The molecule has 0 saturated heterocycles. The molecule has 0 bridgehead atoms. The molecule has 114 valence electrons. The Morgan fingerprint density at radius 1 is 1.29 bits per heavy atom. The fraction of sp³-hybridized carbons (Fsp3) is 0.467. The molecule has 0 amide bonds. The van der Waals surface area contributed by atoms with Crippen LogP contribution in [-0.4, -0.2) is 31.9 Å². The third kappa shape index (κ3) is 3.33. The molecule has 1 saturated carbocycles. The highest BCUT2D eigenvalue weighted by molar-refractivity contribution is 7.89. The van der Waals surface area contributed by atoms with Gasteiger partial charge in [0.25, 0.3) is 0 Å². The summed E-state index contributed by atoms with van der Waals surface area (Å²) in [4.78, 5) is 0.173. The molecule has 21 heavy (non-hydrogen) atoms. The normalized spacial score (nSPS) is 19.9. The number of hydrogen-bond acceptors (Lipinski definition) is 3. The molecular weight excluding hydrogens is 291 g/mol. The Labute approximate surface area is 124 Å². The van der Waals surface area contributed by atoms with Crippen molar-refractivity contribution < 1.29 is 12.8 Å². The van der Waals surface area contributed by atoms with Crippen LogP contribution in [0.2, 0.25) is 0 Å². The van der Waals surface area contributed by atoms with Gasteiger partial charge in [0.2, 0.25) is 10.0 Å².